The summed E-state index contributed by atoms with van der Waals surface area (Å²) in [7, 11) is -0.141. The van der Waals surface area contributed by atoms with Gasteiger partial charge in [-0.25, -0.2) is 8.42 Å². The third-order valence-electron chi connectivity index (χ3n) is 4.20. The summed E-state index contributed by atoms with van der Waals surface area (Å²) in [5.41, 5.74) is 2.45. The van der Waals surface area contributed by atoms with Gasteiger partial charge in [-0.1, -0.05) is 30.3 Å². The molecule has 0 aliphatic carbocycles. The Morgan fingerprint density at radius 1 is 0.920 bits per heavy atom. The molecule has 0 saturated carbocycles. The van der Waals surface area contributed by atoms with E-state index in [0.717, 1.165) is 17.7 Å². The fraction of sp³-hybridized carbons (Fsp3) is 0.316. The third kappa shape index (κ3) is 5.06. The van der Waals surface area contributed by atoms with E-state index in [0.29, 0.717) is 12.1 Å². The zero-order chi connectivity index (χ0) is 18.4. The largest absolute Gasteiger partial charge is 0.316 e. The van der Waals surface area contributed by atoms with Gasteiger partial charge in [0.1, 0.15) is 0 Å². The van der Waals surface area contributed by atoms with Crippen molar-refractivity contribution >= 4 is 27.3 Å². The SMILES string of the molecule is CC(=O)N(C)c1ccc(N(C)S(=O)(=O)CCCc2ccccc2)cc1. The fourth-order valence-corrected chi connectivity index (χ4v) is 3.69. The molecule has 0 aromatic heterocycles. The number of hydrogen-bond donors (Lipinski definition) is 0. The van der Waals surface area contributed by atoms with Crippen LogP contribution < -0.4 is 9.21 Å². The lowest BCUT2D eigenvalue weighted by Gasteiger charge is -2.21. The van der Waals surface area contributed by atoms with E-state index in [9.17, 15) is 13.2 Å². The van der Waals surface area contributed by atoms with Crippen LogP contribution >= 0.6 is 0 Å². The van der Waals surface area contributed by atoms with Gasteiger partial charge >= 0.3 is 0 Å². The van der Waals surface area contributed by atoms with Gasteiger partial charge in [0.25, 0.3) is 0 Å². The predicted octanol–water partition coefficient (Wildman–Crippen LogP) is 3.07. The highest BCUT2D eigenvalue weighted by Gasteiger charge is 2.18. The average molecular weight is 360 g/mol. The van der Waals surface area contributed by atoms with Crippen LogP contribution in [0.3, 0.4) is 0 Å². The van der Waals surface area contributed by atoms with Gasteiger partial charge < -0.3 is 4.90 Å². The van der Waals surface area contributed by atoms with E-state index >= 15 is 0 Å². The molecule has 1 amide bonds. The van der Waals surface area contributed by atoms with Gasteiger partial charge in [-0.05, 0) is 42.7 Å². The van der Waals surface area contributed by atoms with Crippen LogP contribution in [0.15, 0.2) is 54.6 Å². The summed E-state index contributed by atoms with van der Waals surface area (Å²) >= 11 is 0. The highest BCUT2D eigenvalue weighted by molar-refractivity contribution is 7.92. The summed E-state index contributed by atoms with van der Waals surface area (Å²) in [5.74, 6) is 0.0164. The van der Waals surface area contributed by atoms with Crippen LogP contribution in [0.2, 0.25) is 0 Å². The standard InChI is InChI=1S/C19H24N2O3S/c1-16(22)20(2)18-11-13-19(14-12-18)21(3)25(23,24)15-7-10-17-8-5-4-6-9-17/h4-6,8-9,11-14H,7,10,15H2,1-3H3. The molecule has 0 spiro atoms. The van der Waals surface area contributed by atoms with E-state index in [1.165, 1.54) is 16.1 Å². The van der Waals surface area contributed by atoms with Crippen LogP contribution in [0.25, 0.3) is 0 Å². The maximum atomic E-state index is 12.5. The maximum Gasteiger partial charge on any atom is 0.234 e. The number of rotatable bonds is 7. The van der Waals surface area contributed by atoms with E-state index in [-0.39, 0.29) is 11.7 Å². The molecule has 2 aromatic rings. The van der Waals surface area contributed by atoms with Gasteiger partial charge in [0, 0.05) is 26.7 Å². The normalized spacial score (nSPS) is 11.2. The number of nitrogens with zero attached hydrogens (tertiary/aromatic N) is 2. The summed E-state index contributed by atoms with van der Waals surface area (Å²) in [5, 5.41) is 0. The van der Waals surface area contributed by atoms with Crippen molar-refractivity contribution in [2.75, 3.05) is 29.1 Å². The van der Waals surface area contributed by atoms with E-state index in [1.54, 1.807) is 38.4 Å². The minimum absolute atomic E-state index is 0.0744. The fourth-order valence-electron chi connectivity index (χ4n) is 2.47. The zero-order valence-corrected chi connectivity index (χ0v) is 15.7. The Hall–Kier alpha value is -2.34. The van der Waals surface area contributed by atoms with Crippen LogP contribution in [0.1, 0.15) is 18.9 Å². The molecule has 2 rings (SSSR count). The molecule has 6 heteroatoms. The average Bonchev–Trinajstić information content (AvgIpc) is 2.61. The summed E-state index contributed by atoms with van der Waals surface area (Å²) in [6.45, 7) is 1.48. The van der Waals surface area contributed by atoms with Crippen molar-refractivity contribution in [3.8, 4) is 0 Å². The number of aryl methyl sites for hydroxylation is 1. The molecule has 25 heavy (non-hydrogen) atoms. The summed E-state index contributed by atoms with van der Waals surface area (Å²) < 4.78 is 26.3. The maximum absolute atomic E-state index is 12.5. The lowest BCUT2D eigenvalue weighted by molar-refractivity contribution is -0.116. The zero-order valence-electron chi connectivity index (χ0n) is 14.8. The van der Waals surface area contributed by atoms with Gasteiger partial charge in [0.15, 0.2) is 0 Å². The monoisotopic (exact) mass is 360 g/mol. The van der Waals surface area contributed by atoms with E-state index < -0.39 is 10.0 Å². The number of carbonyl (C=O) groups excluding carboxylic acids is 1. The predicted molar refractivity (Wildman–Crippen MR) is 102 cm³/mol. The summed E-state index contributed by atoms with van der Waals surface area (Å²) in [6.07, 6.45) is 1.30. The van der Waals surface area contributed by atoms with E-state index in [4.69, 9.17) is 0 Å². The molecule has 0 N–H and O–H groups in total. The lowest BCUT2D eigenvalue weighted by Crippen LogP contribution is -2.29. The van der Waals surface area contributed by atoms with Crippen molar-refractivity contribution in [3.63, 3.8) is 0 Å². The van der Waals surface area contributed by atoms with Crippen molar-refractivity contribution < 1.29 is 13.2 Å². The quantitative estimate of drug-likeness (QED) is 0.762. The van der Waals surface area contributed by atoms with Crippen molar-refractivity contribution in [2.24, 2.45) is 0 Å². The molecule has 0 atom stereocenters. The second kappa shape index (κ2) is 8.16. The molecule has 0 radical (unpaired) electrons. The first-order valence-corrected chi connectivity index (χ1v) is 9.77. The van der Waals surface area contributed by atoms with Crippen LogP contribution in [-0.4, -0.2) is 34.2 Å². The molecule has 2 aromatic carbocycles. The van der Waals surface area contributed by atoms with Gasteiger partial charge in [-0.3, -0.25) is 9.10 Å². The molecule has 0 fully saturated rings. The highest BCUT2D eigenvalue weighted by Crippen LogP contribution is 2.22. The second-order valence-electron chi connectivity index (χ2n) is 5.97. The molecule has 0 bridgehead atoms. The minimum Gasteiger partial charge on any atom is -0.316 e. The van der Waals surface area contributed by atoms with E-state index in [1.807, 2.05) is 30.3 Å². The number of sulfonamides is 1. The van der Waals surface area contributed by atoms with Crippen molar-refractivity contribution in [3.05, 3.63) is 60.2 Å². The number of anilines is 2. The molecule has 0 aliphatic heterocycles. The smallest absolute Gasteiger partial charge is 0.234 e. The molecule has 0 saturated heterocycles. The Balaban J connectivity index is 2.00. The Labute approximate surface area is 149 Å². The van der Waals surface area contributed by atoms with Gasteiger partial charge in [-0.2, -0.15) is 0 Å². The van der Waals surface area contributed by atoms with Crippen molar-refractivity contribution in [2.45, 2.75) is 19.8 Å². The Morgan fingerprint density at radius 3 is 2.04 bits per heavy atom. The first kappa shape index (κ1) is 19.0. The summed E-state index contributed by atoms with van der Waals surface area (Å²) in [4.78, 5) is 12.9. The molecule has 5 nitrogen and oxygen atoms in total. The first-order valence-electron chi connectivity index (χ1n) is 8.16. The van der Waals surface area contributed by atoms with Crippen LogP contribution in [0, 0.1) is 0 Å². The number of hydrogen-bond acceptors (Lipinski definition) is 3. The molecular formula is C19H24N2O3S. The van der Waals surface area contributed by atoms with Crippen LogP contribution in [0.5, 0.6) is 0 Å². The second-order valence-corrected chi connectivity index (χ2v) is 8.09. The van der Waals surface area contributed by atoms with Crippen molar-refractivity contribution in [1.82, 2.24) is 0 Å². The Kier molecular flexibility index (Phi) is 6.20. The number of benzene rings is 2. The van der Waals surface area contributed by atoms with Gasteiger partial charge in [0.2, 0.25) is 15.9 Å². The third-order valence-corrected chi connectivity index (χ3v) is 6.05. The van der Waals surface area contributed by atoms with Gasteiger partial charge in [0.05, 0.1) is 11.4 Å². The first-order chi connectivity index (χ1) is 11.8. The Bertz CT molecular complexity index is 802. The van der Waals surface area contributed by atoms with Gasteiger partial charge in [-0.15, -0.1) is 0 Å². The number of carbonyl (C=O) groups is 1. The molecule has 0 aliphatic rings. The van der Waals surface area contributed by atoms with Crippen LogP contribution in [-0.2, 0) is 21.2 Å². The molecule has 0 heterocycles. The number of amides is 1. The molecule has 134 valence electrons. The topological polar surface area (TPSA) is 57.7 Å². The van der Waals surface area contributed by atoms with Crippen LogP contribution in [0.4, 0.5) is 11.4 Å². The van der Waals surface area contributed by atoms with E-state index in [2.05, 4.69) is 0 Å². The Morgan fingerprint density at radius 2 is 1.48 bits per heavy atom. The molecule has 0 unspecified atom stereocenters. The lowest BCUT2D eigenvalue weighted by atomic mass is 10.1. The van der Waals surface area contributed by atoms with Crippen molar-refractivity contribution in [1.29, 1.82) is 0 Å². The molecular weight excluding hydrogens is 336 g/mol. The summed E-state index contributed by atoms with van der Waals surface area (Å²) in [6, 6.07) is 16.8. The minimum atomic E-state index is -3.38. The highest BCUT2D eigenvalue weighted by atomic mass is 32.2.